The Kier molecular flexibility index (Phi) is 3.36. The van der Waals surface area contributed by atoms with E-state index in [0.717, 1.165) is 25.2 Å². The molecule has 2 aliphatic rings. The van der Waals surface area contributed by atoms with Gasteiger partial charge in [0.25, 0.3) is 0 Å². The predicted molar refractivity (Wildman–Crippen MR) is 71.3 cm³/mol. The summed E-state index contributed by atoms with van der Waals surface area (Å²) >= 11 is 0. The third kappa shape index (κ3) is 2.41. The summed E-state index contributed by atoms with van der Waals surface area (Å²) in [6.07, 6.45) is 9.27. The molecule has 1 heterocycles. The highest BCUT2D eigenvalue weighted by Gasteiger charge is 2.39. The molecule has 5 nitrogen and oxygen atoms in total. The number of nitrogens with one attached hydrogen (secondary N) is 1. The molecule has 0 aliphatic heterocycles. The van der Waals surface area contributed by atoms with Crippen LogP contribution in [-0.4, -0.2) is 27.2 Å². The van der Waals surface area contributed by atoms with Gasteiger partial charge in [-0.3, -0.25) is 4.79 Å². The Morgan fingerprint density at radius 1 is 1.47 bits per heavy atom. The zero-order valence-electron chi connectivity index (χ0n) is 11.2. The van der Waals surface area contributed by atoms with Crippen LogP contribution < -0.4 is 5.32 Å². The molecule has 3 atom stereocenters. The highest BCUT2D eigenvalue weighted by atomic mass is 16.1. The van der Waals surface area contributed by atoms with E-state index in [2.05, 4.69) is 34.6 Å². The van der Waals surface area contributed by atoms with Crippen LogP contribution in [-0.2, 0) is 17.8 Å². The van der Waals surface area contributed by atoms with Crippen LogP contribution in [0.3, 0.4) is 0 Å². The Labute approximate surface area is 113 Å². The van der Waals surface area contributed by atoms with E-state index >= 15 is 0 Å². The fourth-order valence-corrected chi connectivity index (χ4v) is 3.25. The summed E-state index contributed by atoms with van der Waals surface area (Å²) in [5.41, 5.74) is 0. The smallest absolute Gasteiger partial charge is 0.223 e. The topological polar surface area (TPSA) is 59.8 Å². The van der Waals surface area contributed by atoms with Gasteiger partial charge < -0.3 is 9.88 Å². The van der Waals surface area contributed by atoms with E-state index in [-0.39, 0.29) is 11.8 Å². The molecule has 3 rings (SSSR count). The number of allylic oxidation sites excluding steroid dienone is 2. The maximum absolute atomic E-state index is 12.1. The van der Waals surface area contributed by atoms with Crippen LogP contribution >= 0.6 is 0 Å². The summed E-state index contributed by atoms with van der Waals surface area (Å²) in [5, 5.41) is 11.0. The lowest BCUT2D eigenvalue weighted by atomic mass is 9.93. The number of hydrogen-bond acceptors (Lipinski definition) is 3. The largest absolute Gasteiger partial charge is 0.354 e. The first-order valence-electron chi connectivity index (χ1n) is 7.10. The van der Waals surface area contributed by atoms with Crippen molar-refractivity contribution < 1.29 is 4.79 Å². The molecule has 0 spiro atoms. The molecular weight excluding hydrogens is 240 g/mol. The van der Waals surface area contributed by atoms with Gasteiger partial charge in [0.05, 0.1) is 0 Å². The second kappa shape index (κ2) is 5.15. The minimum atomic E-state index is 0.196. The van der Waals surface area contributed by atoms with Crippen LogP contribution in [0.1, 0.15) is 25.6 Å². The van der Waals surface area contributed by atoms with Gasteiger partial charge in [-0.2, -0.15) is 0 Å². The van der Waals surface area contributed by atoms with Crippen molar-refractivity contribution in [1.29, 1.82) is 0 Å². The van der Waals surface area contributed by atoms with Crippen molar-refractivity contribution in [3.8, 4) is 0 Å². The van der Waals surface area contributed by atoms with Crippen molar-refractivity contribution in [3.05, 3.63) is 24.3 Å². The first kappa shape index (κ1) is 12.4. The molecule has 2 aliphatic carbocycles. The molecule has 1 N–H and O–H groups in total. The standard InChI is InChI=1S/C14H20N4O/c1-2-13-17-16-9-18(13)6-5-15-14(19)12-8-10-3-4-11(12)7-10/h3-4,9-12H,2,5-8H2,1H3,(H,15,19)/t10-,11-,12-/m0/s1. The van der Waals surface area contributed by atoms with Crippen molar-refractivity contribution >= 4 is 5.91 Å². The molecule has 1 saturated carbocycles. The minimum Gasteiger partial charge on any atom is -0.354 e. The van der Waals surface area contributed by atoms with Crippen molar-refractivity contribution in [1.82, 2.24) is 20.1 Å². The van der Waals surface area contributed by atoms with E-state index in [0.29, 0.717) is 18.4 Å². The first-order valence-corrected chi connectivity index (χ1v) is 7.10. The van der Waals surface area contributed by atoms with E-state index in [1.807, 2.05) is 4.57 Å². The van der Waals surface area contributed by atoms with Gasteiger partial charge in [0.2, 0.25) is 5.91 Å². The van der Waals surface area contributed by atoms with Crippen molar-refractivity contribution in [2.24, 2.45) is 17.8 Å². The lowest BCUT2D eigenvalue weighted by Gasteiger charge is -2.17. The fraction of sp³-hybridized carbons (Fsp3) is 0.643. The number of hydrogen-bond donors (Lipinski definition) is 1. The lowest BCUT2D eigenvalue weighted by molar-refractivity contribution is -0.125. The molecule has 0 radical (unpaired) electrons. The summed E-state index contributed by atoms with van der Waals surface area (Å²) in [4.78, 5) is 12.1. The molecule has 1 aromatic heterocycles. The Hall–Kier alpha value is -1.65. The Bertz CT molecular complexity index is 493. The number of rotatable bonds is 5. The lowest BCUT2D eigenvalue weighted by Crippen LogP contribution is -2.35. The number of fused-ring (bicyclic) bond motifs is 2. The van der Waals surface area contributed by atoms with Crippen LogP contribution in [0.2, 0.25) is 0 Å². The van der Waals surface area contributed by atoms with Gasteiger partial charge in [-0.1, -0.05) is 19.1 Å². The van der Waals surface area contributed by atoms with Crippen LogP contribution in [0, 0.1) is 17.8 Å². The molecule has 19 heavy (non-hydrogen) atoms. The molecule has 0 aromatic carbocycles. The molecule has 0 unspecified atom stereocenters. The second-order valence-electron chi connectivity index (χ2n) is 5.47. The van der Waals surface area contributed by atoms with Crippen LogP contribution in [0.4, 0.5) is 0 Å². The number of carbonyl (C=O) groups is 1. The first-order chi connectivity index (χ1) is 9.28. The van der Waals surface area contributed by atoms with Gasteiger partial charge in [0.1, 0.15) is 12.2 Å². The third-order valence-electron chi connectivity index (χ3n) is 4.28. The Morgan fingerprint density at radius 2 is 2.37 bits per heavy atom. The zero-order chi connectivity index (χ0) is 13.2. The molecular formula is C14H20N4O. The van der Waals surface area contributed by atoms with Gasteiger partial charge in [-0.25, -0.2) is 0 Å². The summed E-state index contributed by atoms with van der Waals surface area (Å²) in [6, 6.07) is 0. The van der Waals surface area contributed by atoms with Crippen molar-refractivity contribution in [2.45, 2.75) is 32.7 Å². The predicted octanol–water partition coefficient (Wildman–Crippen LogP) is 1.17. The summed E-state index contributed by atoms with van der Waals surface area (Å²) < 4.78 is 2.00. The van der Waals surface area contributed by atoms with Crippen LogP contribution in [0.25, 0.3) is 0 Å². The van der Waals surface area contributed by atoms with E-state index in [4.69, 9.17) is 0 Å². The number of carbonyl (C=O) groups excluding carboxylic acids is 1. The average Bonchev–Trinajstić information content (AvgIpc) is 3.14. The number of amides is 1. The van der Waals surface area contributed by atoms with Gasteiger partial charge in [0.15, 0.2) is 0 Å². The third-order valence-corrected chi connectivity index (χ3v) is 4.28. The fourth-order valence-electron chi connectivity index (χ4n) is 3.25. The normalized spacial score (nSPS) is 27.9. The zero-order valence-corrected chi connectivity index (χ0v) is 11.2. The highest BCUT2D eigenvalue weighted by molar-refractivity contribution is 5.79. The van der Waals surface area contributed by atoms with Gasteiger partial charge >= 0.3 is 0 Å². The van der Waals surface area contributed by atoms with E-state index in [1.165, 1.54) is 6.42 Å². The van der Waals surface area contributed by atoms with E-state index in [1.54, 1.807) is 6.33 Å². The molecule has 1 amide bonds. The summed E-state index contributed by atoms with van der Waals surface area (Å²) in [6.45, 7) is 3.46. The summed E-state index contributed by atoms with van der Waals surface area (Å²) in [5.74, 6) is 2.50. The van der Waals surface area contributed by atoms with E-state index < -0.39 is 0 Å². The maximum atomic E-state index is 12.1. The Balaban J connectivity index is 1.48. The molecule has 102 valence electrons. The molecule has 0 saturated heterocycles. The van der Waals surface area contributed by atoms with Crippen LogP contribution in [0.15, 0.2) is 18.5 Å². The number of aromatic nitrogens is 3. The molecule has 2 bridgehead atoms. The highest BCUT2D eigenvalue weighted by Crippen LogP contribution is 2.43. The minimum absolute atomic E-state index is 0.196. The Morgan fingerprint density at radius 3 is 3.05 bits per heavy atom. The van der Waals surface area contributed by atoms with Gasteiger partial charge in [0, 0.05) is 25.4 Å². The summed E-state index contributed by atoms with van der Waals surface area (Å²) in [7, 11) is 0. The number of nitrogens with zero attached hydrogens (tertiary/aromatic N) is 3. The van der Waals surface area contributed by atoms with Gasteiger partial charge in [-0.15, -0.1) is 10.2 Å². The van der Waals surface area contributed by atoms with E-state index in [9.17, 15) is 4.79 Å². The maximum Gasteiger partial charge on any atom is 0.223 e. The number of aryl methyl sites for hydroxylation is 1. The molecule has 1 aromatic rings. The SMILES string of the molecule is CCc1nncn1CCNC(=O)[C@H]1C[C@H]2C=C[C@H]1C2. The van der Waals surface area contributed by atoms with Crippen LogP contribution in [0.5, 0.6) is 0 Å². The molecule has 5 heteroatoms. The second-order valence-corrected chi connectivity index (χ2v) is 5.47. The quantitative estimate of drug-likeness (QED) is 0.808. The van der Waals surface area contributed by atoms with Crippen molar-refractivity contribution in [3.63, 3.8) is 0 Å². The molecule has 1 fully saturated rings. The van der Waals surface area contributed by atoms with Crippen molar-refractivity contribution in [2.75, 3.05) is 6.54 Å². The average molecular weight is 260 g/mol. The van der Waals surface area contributed by atoms with Gasteiger partial charge in [-0.05, 0) is 24.7 Å². The monoisotopic (exact) mass is 260 g/mol.